The summed E-state index contributed by atoms with van der Waals surface area (Å²) in [6.07, 6.45) is 10.9. The van der Waals surface area contributed by atoms with E-state index >= 15 is 0 Å². The standard InChI is InChI=1S/C12H14N2O/c1-14-11-5-3-2-4-10(13)8-9(11)6-7-12(14)15/h2-5,8H,6-7,13H2,1H3/b3-2-,4-2?,5-3?,9-8?,10-4+,10-8?,11-5?. The number of nitrogens with zero attached hydrogens (tertiary/aromatic N) is 1. The van der Waals surface area contributed by atoms with Gasteiger partial charge in [-0.05, 0) is 30.2 Å². The molecule has 0 atom stereocenters. The molecule has 0 unspecified atom stereocenters. The van der Waals surface area contributed by atoms with E-state index in [9.17, 15) is 4.79 Å². The second-order valence-electron chi connectivity index (χ2n) is 3.73. The van der Waals surface area contributed by atoms with Gasteiger partial charge in [0.2, 0.25) is 5.91 Å². The van der Waals surface area contributed by atoms with E-state index in [1.165, 1.54) is 0 Å². The Morgan fingerprint density at radius 2 is 2.00 bits per heavy atom. The van der Waals surface area contributed by atoms with Gasteiger partial charge in [0.25, 0.3) is 0 Å². The third kappa shape index (κ3) is 1.86. The molecule has 1 heterocycles. The normalized spacial score (nSPS) is 26.6. The monoisotopic (exact) mass is 202 g/mol. The van der Waals surface area contributed by atoms with E-state index in [-0.39, 0.29) is 5.91 Å². The molecule has 0 saturated carbocycles. The first-order valence-electron chi connectivity index (χ1n) is 5.00. The van der Waals surface area contributed by atoms with E-state index in [2.05, 4.69) is 0 Å². The molecule has 1 aliphatic heterocycles. The van der Waals surface area contributed by atoms with Gasteiger partial charge in [0.15, 0.2) is 0 Å². The second kappa shape index (κ2) is 3.77. The minimum Gasteiger partial charge on any atom is -0.399 e. The molecule has 0 aromatic rings. The van der Waals surface area contributed by atoms with Crippen LogP contribution in [0.25, 0.3) is 0 Å². The lowest BCUT2D eigenvalue weighted by Gasteiger charge is -2.28. The molecule has 0 radical (unpaired) electrons. The van der Waals surface area contributed by atoms with Crippen LogP contribution in [0.3, 0.4) is 0 Å². The third-order valence-electron chi connectivity index (χ3n) is 2.67. The summed E-state index contributed by atoms with van der Waals surface area (Å²) < 4.78 is 0. The summed E-state index contributed by atoms with van der Waals surface area (Å²) in [5.41, 5.74) is 8.62. The molecule has 0 aromatic carbocycles. The van der Waals surface area contributed by atoms with Crippen molar-refractivity contribution in [3.63, 3.8) is 0 Å². The Bertz CT molecular complexity index is 413. The molecule has 1 saturated heterocycles. The quantitative estimate of drug-likeness (QED) is 0.646. The summed E-state index contributed by atoms with van der Waals surface area (Å²) in [6.45, 7) is 0. The van der Waals surface area contributed by atoms with Crippen LogP contribution in [0.1, 0.15) is 12.8 Å². The molecule has 3 nitrogen and oxygen atoms in total. The van der Waals surface area contributed by atoms with Crippen molar-refractivity contribution in [1.29, 1.82) is 0 Å². The summed E-state index contributed by atoms with van der Waals surface area (Å²) in [7, 11) is 1.80. The van der Waals surface area contributed by atoms with Gasteiger partial charge in [0.05, 0.1) is 0 Å². The van der Waals surface area contributed by atoms with Crippen molar-refractivity contribution in [2.45, 2.75) is 12.8 Å². The first-order valence-corrected chi connectivity index (χ1v) is 5.00. The number of allylic oxidation sites excluding steroid dienone is 6. The van der Waals surface area contributed by atoms with E-state index in [0.717, 1.165) is 23.4 Å². The Morgan fingerprint density at radius 1 is 1.27 bits per heavy atom. The molecule has 0 spiro atoms. The minimum absolute atomic E-state index is 0.162. The van der Waals surface area contributed by atoms with Gasteiger partial charge >= 0.3 is 0 Å². The van der Waals surface area contributed by atoms with Crippen molar-refractivity contribution in [1.82, 2.24) is 4.90 Å². The summed E-state index contributed by atoms with van der Waals surface area (Å²) >= 11 is 0. The Hall–Kier alpha value is -1.77. The number of carbonyl (C=O) groups is 1. The molecule has 0 bridgehead atoms. The van der Waals surface area contributed by atoms with E-state index in [0.29, 0.717) is 6.42 Å². The SMILES string of the molecule is CN1C(=O)CCC2=C/C(N)=C\C=C/C=C21. The molecule has 1 fully saturated rings. The topological polar surface area (TPSA) is 46.3 Å². The van der Waals surface area contributed by atoms with Crippen molar-refractivity contribution >= 4 is 5.91 Å². The molecule has 0 aromatic heterocycles. The average molecular weight is 202 g/mol. The maximum atomic E-state index is 11.5. The number of carbonyl (C=O) groups excluding carboxylic acids is 1. The minimum atomic E-state index is 0.162. The predicted octanol–water partition coefficient (Wildman–Crippen LogP) is 1.46. The van der Waals surface area contributed by atoms with Gasteiger partial charge in [0.1, 0.15) is 0 Å². The highest BCUT2D eigenvalue weighted by Gasteiger charge is 2.22. The third-order valence-corrected chi connectivity index (χ3v) is 2.67. The lowest BCUT2D eigenvalue weighted by atomic mass is 9.98. The molecule has 3 heteroatoms. The van der Waals surface area contributed by atoms with Gasteiger partial charge < -0.3 is 10.6 Å². The van der Waals surface area contributed by atoms with Gasteiger partial charge in [-0.2, -0.15) is 0 Å². The fourth-order valence-corrected chi connectivity index (χ4v) is 1.81. The first kappa shape index (κ1) is 9.77. The van der Waals surface area contributed by atoms with Crippen LogP contribution >= 0.6 is 0 Å². The van der Waals surface area contributed by atoms with E-state index in [1.54, 1.807) is 11.9 Å². The Labute approximate surface area is 89.2 Å². The summed E-state index contributed by atoms with van der Waals surface area (Å²) in [5.74, 6) is 0.162. The molecule has 15 heavy (non-hydrogen) atoms. The molecule has 78 valence electrons. The number of fused-ring (bicyclic) bond motifs is 1. The molecule has 2 rings (SSSR count). The predicted molar refractivity (Wildman–Crippen MR) is 59.6 cm³/mol. The maximum Gasteiger partial charge on any atom is 0.227 e. The number of likely N-dealkylation sites (tertiary alicyclic amines) is 1. The van der Waals surface area contributed by atoms with Gasteiger partial charge in [0, 0.05) is 24.9 Å². The smallest absolute Gasteiger partial charge is 0.227 e. The van der Waals surface area contributed by atoms with Gasteiger partial charge in [-0.15, -0.1) is 0 Å². The van der Waals surface area contributed by atoms with Crippen LogP contribution in [-0.2, 0) is 4.79 Å². The van der Waals surface area contributed by atoms with Crippen LogP contribution in [0.4, 0.5) is 0 Å². The van der Waals surface area contributed by atoms with Crippen LogP contribution in [0.5, 0.6) is 0 Å². The van der Waals surface area contributed by atoms with Crippen LogP contribution < -0.4 is 5.73 Å². The number of amides is 1. The zero-order valence-electron chi connectivity index (χ0n) is 8.73. The van der Waals surface area contributed by atoms with Crippen LogP contribution in [0.2, 0.25) is 0 Å². The van der Waals surface area contributed by atoms with Crippen molar-refractivity contribution in [3.05, 3.63) is 47.3 Å². The summed E-state index contributed by atoms with van der Waals surface area (Å²) in [5, 5.41) is 0. The van der Waals surface area contributed by atoms with Crippen LogP contribution in [-0.4, -0.2) is 17.9 Å². The largest absolute Gasteiger partial charge is 0.399 e. The molecular weight excluding hydrogens is 188 g/mol. The van der Waals surface area contributed by atoms with E-state index < -0.39 is 0 Å². The molecule has 2 aliphatic rings. The fraction of sp³-hybridized carbons (Fsp3) is 0.250. The maximum absolute atomic E-state index is 11.5. The van der Waals surface area contributed by atoms with E-state index in [1.807, 2.05) is 30.4 Å². The molecule has 2 N–H and O–H groups in total. The van der Waals surface area contributed by atoms with E-state index in [4.69, 9.17) is 5.73 Å². The first-order chi connectivity index (χ1) is 7.18. The molecule has 1 aliphatic carbocycles. The van der Waals surface area contributed by atoms with Gasteiger partial charge in [-0.25, -0.2) is 0 Å². The molecular formula is C12H14N2O. The Balaban J connectivity index is 2.42. The highest BCUT2D eigenvalue weighted by Crippen LogP contribution is 2.27. The zero-order chi connectivity index (χ0) is 10.8. The summed E-state index contributed by atoms with van der Waals surface area (Å²) in [6, 6.07) is 0. The lowest BCUT2D eigenvalue weighted by Crippen LogP contribution is -2.31. The number of hydrogen-bond donors (Lipinski definition) is 1. The number of nitrogens with two attached hydrogens (primary N) is 1. The van der Waals surface area contributed by atoms with Crippen LogP contribution in [0, 0.1) is 0 Å². The number of likely N-dealkylation sites (N-methyl/N-ethyl adjacent to an activating group) is 1. The highest BCUT2D eigenvalue weighted by molar-refractivity contribution is 5.81. The van der Waals surface area contributed by atoms with Gasteiger partial charge in [-0.1, -0.05) is 12.2 Å². The second-order valence-corrected chi connectivity index (χ2v) is 3.73. The zero-order valence-corrected chi connectivity index (χ0v) is 8.73. The van der Waals surface area contributed by atoms with Crippen molar-refractivity contribution in [2.75, 3.05) is 7.05 Å². The number of hydrogen-bond acceptors (Lipinski definition) is 2. The lowest BCUT2D eigenvalue weighted by molar-refractivity contribution is -0.128. The average Bonchev–Trinajstić information content (AvgIpc) is 2.18. The Morgan fingerprint density at radius 3 is 2.80 bits per heavy atom. The number of piperidine rings is 1. The van der Waals surface area contributed by atoms with Gasteiger partial charge in [-0.3, -0.25) is 4.79 Å². The van der Waals surface area contributed by atoms with Crippen molar-refractivity contribution in [3.8, 4) is 0 Å². The number of rotatable bonds is 0. The van der Waals surface area contributed by atoms with Crippen molar-refractivity contribution in [2.24, 2.45) is 5.73 Å². The summed E-state index contributed by atoms with van der Waals surface area (Å²) in [4.78, 5) is 13.2. The Kier molecular flexibility index (Phi) is 2.46. The highest BCUT2D eigenvalue weighted by atomic mass is 16.2. The fourth-order valence-electron chi connectivity index (χ4n) is 1.81. The molecule has 1 amide bonds. The van der Waals surface area contributed by atoms with Crippen LogP contribution in [0.15, 0.2) is 47.3 Å². The van der Waals surface area contributed by atoms with Crippen molar-refractivity contribution < 1.29 is 4.79 Å².